The summed E-state index contributed by atoms with van der Waals surface area (Å²) < 4.78 is 5.50. The Balaban J connectivity index is 1.69. The minimum absolute atomic E-state index is 0.0671. The number of aromatic amines is 2. The van der Waals surface area contributed by atoms with E-state index >= 15 is 0 Å². The van der Waals surface area contributed by atoms with E-state index in [2.05, 4.69) is 21.0 Å². The van der Waals surface area contributed by atoms with E-state index in [4.69, 9.17) is 4.74 Å². The molecular weight excluding hydrogens is 314 g/mol. The monoisotopic (exact) mass is 337 g/mol. The number of ether oxygens (including phenoxy) is 1. The van der Waals surface area contributed by atoms with Crippen molar-refractivity contribution in [1.82, 2.24) is 15.0 Å². The standard InChI is InChI=1S/C20H23N3O2/c1-25-20-17(11-14-12-21-16-10-6-5-9-15(14)16)22-19(24)18(23-20)13-7-3-2-4-8-13/h5-6,9-10,12-13,21H,2-4,7-8,11H2,1H3,(H,22,24). The first-order valence-corrected chi connectivity index (χ1v) is 8.98. The highest BCUT2D eigenvalue weighted by Crippen LogP contribution is 2.31. The van der Waals surface area contributed by atoms with Gasteiger partial charge in [-0.1, -0.05) is 37.5 Å². The molecule has 4 rings (SSSR count). The molecule has 1 aromatic carbocycles. The number of hydrogen-bond donors (Lipinski definition) is 2. The number of rotatable bonds is 4. The number of hydrogen-bond acceptors (Lipinski definition) is 3. The fraction of sp³-hybridized carbons (Fsp3) is 0.400. The Morgan fingerprint density at radius 3 is 2.80 bits per heavy atom. The van der Waals surface area contributed by atoms with Crippen molar-refractivity contribution in [3.05, 3.63) is 57.8 Å². The van der Waals surface area contributed by atoms with Crippen LogP contribution in [-0.2, 0) is 6.42 Å². The van der Waals surface area contributed by atoms with Crippen LogP contribution in [0.25, 0.3) is 10.9 Å². The van der Waals surface area contributed by atoms with Crippen LogP contribution in [0.15, 0.2) is 35.3 Å². The SMILES string of the molecule is COc1nc(C2CCCCC2)c(=O)[nH]c1Cc1c[nH]c2ccccc12. The summed E-state index contributed by atoms with van der Waals surface area (Å²) in [4.78, 5) is 23.5. The fourth-order valence-corrected chi connectivity index (χ4v) is 3.89. The molecule has 0 bridgehead atoms. The van der Waals surface area contributed by atoms with Gasteiger partial charge in [0.2, 0.25) is 5.88 Å². The molecule has 0 amide bonds. The van der Waals surface area contributed by atoms with Crippen LogP contribution in [0.5, 0.6) is 5.88 Å². The van der Waals surface area contributed by atoms with Gasteiger partial charge in [-0.3, -0.25) is 4.79 Å². The zero-order valence-electron chi connectivity index (χ0n) is 14.5. The lowest BCUT2D eigenvalue weighted by atomic mass is 9.87. The highest BCUT2D eigenvalue weighted by atomic mass is 16.5. The average Bonchev–Trinajstić information content (AvgIpc) is 3.06. The van der Waals surface area contributed by atoms with Crippen molar-refractivity contribution in [1.29, 1.82) is 0 Å². The average molecular weight is 337 g/mol. The summed E-state index contributed by atoms with van der Waals surface area (Å²) in [6.45, 7) is 0. The van der Waals surface area contributed by atoms with Crippen molar-refractivity contribution in [3.8, 4) is 5.88 Å². The van der Waals surface area contributed by atoms with E-state index in [1.54, 1.807) is 7.11 Å². The topological polar surface area (TPSA) is 70.8 Å². The Bertz CT molecular complexity index is 936. The Morgan fingerprint density at radius 1 is 1.20 bits per heavy atom. The van der Waals surface area contributed by atoms with Crippen LogP contribution in [0.3, 0.4) is 0 Å². The van der Waals surface area contributed by atoms with Crippen LogP contribution in [-0.4, -0.2) is 22.1 Å². The number of fused-ring (bicyclic) bond motifs is 1. The summed E-state index contributed by atoms with van der Waals surface area (Å²) in [5.41, 5.74) is 3.51. The lowest BCUT2D eigenvalue weighted by Crippen LogP contribution is -2.23. The summed E-state index contributed by atoms with van der Waals surface area (Å²) in [7, 11) is 1.62. The van der Waals surface area contributed by atoms with Crippen LogP contribution >= 0.6 is 0 Å². The molecule has 25 heavy (non-hydrogen) atoms. The summed E-state index contributed by atoms with van der Waals surface area (Å²) in [5, 5.41) is 1.15. The number of nitrogens with one attached hydrogen (secondary N) is 2. The fourth-order valence-electron chi connectivity index (χ4n) is 3.89. The van der Waals surface area contributed by atoms with E-state index < -0.39 is 0 Å². The van der Waals surface area contributed by atoms with Gasteiger partial charge in [0.15, 0.2) is 0 Å². The van der Waals surface area contributed by atoms with Crippen LogP contribution in [0.1, 0.15) is 55.0 Å². The molecule has 130 valence electrons. The molecule has 0 spiro atoms. The van der Waals surface area contributed by atoms with Crippen molar-refractivity contribution in [3.63, 3.8) is 0 Å². The molecule has 0 aliphatic heterocycles. The molecule has 0 unspecified atom stereocenters. The third-order valence-corrected chi connectivity index (χ3v) is 5.20. The van der Waals surface area contributed by atoms with E-state index in [0.29, 0.717) is 18.0 Å². The molecular formula is C20H23N3O2. The number of para-hydroxylation sites is 1. The predicted octanol–water partition coefficient (Wildman–Crippen LogP) is 3.90. The van der Waals surface area contributed by atoms with Gasteiger partial charge in [0.1, 0.15) is 5.69 Å². The molecule has 5 nitrogen and oxygen atoms in total. The van der Waals surface area contributed by atoms with Crippen molar-refractivity contribution in [2.24, 2.45) is 0 Å². The van der Waals surface area contributed by atoms with Crippen LogP contribution < -0.4 is 10.3 Å². The highest BCUT2D eigenvalue weighted by Gasteiger charge is 2.22. The Hall–Kier alpha value is -2.56. The summed E-state index contributed by atoms with van der Waals surface area (Å²) in [5.74, 6) is 0.791. The smallest absolute Gasteiger partial charge is 0.270 e. The molecule has 2 heterocycles. The van der Waals surface area contributed by atoms with Gasteiger partial charge in [0.25, 0.3) is 5.56 Å². The second-order valence-electron chi connectivity index (χ2n) is 6.81. The van der Waals surface area contributed by atoms with E-state index in [1.165, 1.54) is 19.3 Å². The minimum atomic E-state index is -0.0671. The minimum Gasteiger partial charge on any atom is -0.480 e. The second kappa shape index (κ2) is 6.75. The van der Waals surface area contributed by atoms with Crippen LogP contribution in [0, 0.1) is 0 Å². The van der Waals surface area contributed by atoms with Gasteiger partial charge in [0.05, 0.1) is 12.8 Å². The number of methoxy groups -OCH3 is 1. The predicted molar refractivity (Wildman–Crippen MR) is 98.3 cm³/mol. The Labute approximate surface area is 146 Å². The largest absolute Gasteiger partial charge is 0.480 e. The van der Waals surface area contributed by atoms with E-state index in [0.717, 1.165) is 35.0 Å². The zero-order chi connectivity index (χ0) is 17.2. The van der Waals surface area contributed by atoms with Crippen molar-refractivity contribution in [2.75, 3.05) is 7.11 Å². The van der Waals surface area contributed by atoms with Gasteiger partial charge in [-0.2, -0.15) is 0 Å². The van der Waals surface area contributed by atoms with Gasteiger partial charge >= 0.3 is 0 Å². The molecule has 2 N–H and O–H groups in total. The van der Waals surface area contributed by atoms with Crippen LogP contribution in [0.2, 0.25) is 0 Å². The molecule has 0 radical (unpaired) electrons. The normalized spacial score (nSPS) is 15.6. The van der Waals surface area contributed by atoms with E-state index in [9.17, 15) is 4.79 Å². The van der Waals surface area contributed by atoms with E-state index in [1.807, 2.05) is 24.4 Å². The number of aromatic nitrogens is 3. The lowest BCUT2D eigenvalue weighted by molar-refractivity contribution is 0.378. The Morgan fingerprint density at radius 2 is 2.00 bits per heavy atom. The molecule has 1 aliphatic carbocycles. The molecule has 1 fully saturated rings. The van der Waals surface area contributed by atoms with Crippen molar-refractivity contribution >= 4 is 10.9 Å². The molecule has 1 aliphatic rings. The summed E-state index contributed by atoms with van der Waals surface area (Å²) >= 11 is 0. The second-order valence-corrected chi connectivity index (χ2v) is 6.81. The maximum atomic E-state index is 12.6. The molecule has 0 saturated heterocycles. The van der Waals surface area contributed by atoms with Crippen molar-refractivity contribution < 1.29 is 4.74 Å². The number of H-pyrrole nitrogens is 2. The third kappa shape index (κ3) is 3.06. The van der Waals surface area contributed by atoms with Gasteiger partial charge in [-0.05, 0) is 24.5 Å². The molecule has 1 saturated carbocycles. The maximum absolute atomic E-state index is 12.6. The molecule has 0 atom stereocenters. The highest BCUT2D eigenvalue weighted by molar-refractivity contribution is 5.83. The first-order valence-electron chi connectivity index (χ1n) is 8.98. The van der Waals surface area contributed by atoms with Gasteiger partial charge in [0, 0.05) is 29.4 Å². The first-order chi connectivity index (χ1) is 12.3. The maximum Gasteiger partial charge on any atom is 0.270 e. The zero-order valence-corrected chi connectivity index (χ0v) is 14.5. The van der Waals surface area contributed by atoms with Gasteiger partial charge in [-0.25, -0.2) is 4.98 Å². The van der Waals surface area contributed by atoms with Crippen molar-refractivity contribution in [2.45, 2.75) is 44.4 Å². The Kier molecular flexibility index (Phi) is 4.30. The van der Waals surface area contributed by atoms with E-state index in [-0.39, 0.29) is 11.5 Å². The lowest BCUT2D eigenvalue weighted by Gasteiger charge is -2.21. The molecule has 3 aromatic rings. The first kappa shape index (κ1) is 15.9. The molecule has 2 aromatic heterocycles. The number of nitrogens with zero attached hydrogens (tertiary/aromatic N) is 1. The number of benzene rings is 1. The molecule has 5 heteroatoms. The summed E-state index contributed by atoms with van der Waals surface area (Å²) in [6, 6.07) is 8.15. The van der Waals surface area contributed by atoms with Gasteiger partial charge in [-0.15, -0.1) is 0 Å². The quantitative estimate of drug-likeness (QED) is 0.758. The van der Waals surface area contributed by atoms with Gasteiger partial charge < -0.3 is 14.7 Å². The van der Waals surface area contributed by atoms with Crippen LogP contribution in [0.4, 0.5) is 0 Å². The third-order valence-electron chi connectivity index (χ3n) is 5.20. The summed E-state index contributed by atoms with van der Waals surface area (Å²) in [6.07, 6.45) is 8.25.